The van der Waals surface area contributed by atoms with Crippen LogP contribution in [0.5, 0.6) is 11.5 Å². The summed E-state index contributed by atoms with van der Waals surface area (Å²) in [4.78, 5) is 0. The summed E-state index contributed by atoms with van der Waals surface area (Å²) in [5.74, 6) is 2.75. The van der Waals surface area contributed by atoms with Gasteiger partial charge < -0.3 is 4.74 Å². The average Bonchev–Trinajstić information content (AvgIpc) is 3.13. The van der Waals surface area contributed by atoms with Crippen LogP contribution in [0, 0.1) is 20.8 Å². The Bertz CT molecular complexity index is 1060. The van der Waals surface area contributed by atoms with Crippen molar-refractivity contribution in [3.8, 4) is 22.8 Å². The van der Waals surface area contributed by atoms with Crippen molar-refractivity contribution in [3.63, 3.8) is 0 Å². The van der Waals surface area contributed by atoms with E-state index < -0.39 is 0 Å². The molecular weight excluding hydrogens is 318 g/mol. The number of aromatic nitrogens is 1. The number of hydrogen-bond donors (Lipinski definition) is 0. The van der Waals surface area contributed by atoms with E-state index >= 15 is 0 Å². The van der Waals surface area contributed by atoms with Crippen molar-refractivity contribution in [3.05, 3.63) is 52.7 Å². The molecule has 0 radical (unpaired) electrons. The van der Waals surface area contributed by atoms with Crippen LogP contribution in [0.4, 0.5) is 0 Å². The molecule has 0 spiro atoms. The fourth-order valence-corrected chi connectivity index (χ4v) is 4.97. The topological polar surface area (TPSA) is 13.1 Å². The average molecular weight is 344 g/mol. The molecule has 0 N–H and O–H groups in total. The molecule has 3 aromatic rings. The Morgan fingerprint density at radius 3 is 2.58 bits per heavy atom. The monoisotopic (exact) mass is 344 g/mol. The maximum absolute atomic E-state index is 6.63. The lowest BCUT2D eigenvalue weighted by molar-refractivity contribution is -0.660. The molecule has 2 nitrogen and oxygen atoms in total. The van der Waals surface area contributed by atoms with Crippen LogP contribution in [0.1, 0.15) is 53.9 Å². The number of fused-ring (bicyclic) bond motifs is 2. The fourth-order valence-electron chi connectivity index (χ4n) is 4.97. The van der Waals surface area contributed by atoms with Gasteiger partial charge in [0.15, 0.2) is 6.20 Å². The van der Waals surface area contributed by atoms with E-state index in [-0.39, 0.29) is 0 Å². The van der Waals surface area contributed by atoms with Crippen molar-refractivity contribution in [2.75, 3.05) is 0 Å². The minimum Gasteiger partial charge on any atom is -0.449 e. The van der Waals surface area contributed by atoms with Crippen LogP contribution in [0.3, 0.4) is 0 Å². The predicted molar refractivity (Wildman–Crippen MR) is 106 cm³/mol. The highest BCUT2D eigenvalue weighted by molar-refractivity contribution is 6.05. The second-order valence-corrected chi connectivity index (χ2v) is 8.20. The van der Waals surface area contributed by atoms with Crippen LogP contribution in [-0.4, -0.2) is 0 Å². The van der Waals surface area contributed by atoms with Gasteiger partial charge in [-0.1, -0.05) is 25.0 Å². The first-order valence-electron chi connectivity index (χ1n) is 9.80. The van der Waals surface area contributed by atoms with E-state index in [1.54, 1.807) is 0 Å². The van der Waals surface area contributed by atoms with E-state index in [1.807, 2.05) is 0 Å². The van der Waals surface area contributed by atoms with E-state index in [0.29, 0.717) is 5.92 Å². The molecule has 0 atom stereocenters. The van der Waals surface area contributed by atoms with Gasteiger partial charge in [-0.05, 0) is 67.7 Å². The van der Waals surface area contributed by atoms with Gasteiger partial charge in [-0.15, -0.1) is 0 Å². The lowest BCUT2D eigenvalue weighted by atomic mass is 9.87. The molecule has 2 aromatic carbocycles. The summed E-state index contributed by atoms with van der Waals surface area (Å²) in [7, 11) is 2.15. The van der Waals surface area contributed by atoms with Gasteiger partial charge in [0.25, 0.3) is 5.69 Å². The van der Waals surface area contributed by atoms with Crippen molar-refractivity contribution < 1.29 is 9.30 Å². The van der Waals surface area contributed by atoms with E-state index in [0.717, 1.165) is 11.5 Å². The van der Waals surface area contributed by atoms with Crippen molar-refractivity contribution in [2.24, 2.45) is 7.05 Å². The van der Waals surface area contributed by atoms with Gasteiger partial charge in [-0.3, -0.25) is 0 Å². The summed E-state index contributed by atoms with van der Waals surface area (Å²) < 4.78 is 8.88. The molecule has 2 heterocycles. The van der Waals surface area contributed by atoms with Crippen LogP contribution in [0.15, 0.2) is 30.5 Å². The SMILES string of the molecule is Cc1cc2c3c(c(C)c(C)cc3c1)-c1c(c(C3CCCC3)cc[n+]1C)O2. The largest absolute Gasteiger partial charge is 0.449 e. The third-order valence-electron chi connectivity index (χ3n) is 6.42. The highest BCUT2D eigenvalue weighted by Crippen LogP contribution is 2.51. The van der Waals surface area contributed by atoms with Gasteiger partial charge in [-0.25, -0.2) is 0 Å². The van der Waals surface area contributed by atoms with Crippen LogP contribution in [-0.2, 0) is 7.05 Å². The smallest absolute Gasteiger partial charge is 0.256 e. The minimum absolute atomic E-state index is 0.636. The van der Waals surface area contributed by atoms with Crippen LogP contribution >= 0.6 is 0 Å². The summed E-state index contributed by atoms with van der Waals surface area (Å²) >= 11 is 0. The molecule has 1 aliphatic carbocycles. The number of aryl methyl sites for hydroxylation is 3. The molecular formula is C24H26NO+. The Kier molecular flexibility index (Phi) is 3.40. The molecule has 1 aliphatic heterocycles. The number of benzene rings is 2. The van der Waals surface area contributed by atoms with Gasteiger partial charge in [-0.2, -0.15) is 4.57 Å². The molecule has 26 heavy (non-hydrogen) atoms. The molecule has 0 unspecified atom stereocenters. The first kappa shape index (κ1) is 15.9. The molecule has 1 aromatic heterocycles. The summed E-state index contributed by atoms with van der Waals surface area (Å²) in [5.41, 5.74) is 7.98. The molecule has 2 heteroatoms. The number of ether oxygens (including phenoxy) is 1. The Morgan fingerprint density at radius 1 is 1.04 bits per heavy atom. The molecule has 1 saturated carbocycles. The standard InChI is InChI=1S/C24H26NO/c1-14-11-18-13-15(2)16(3)21-22(18)20(12-14)26-24-19(17-7-5-6-8-17)9-10-25(4)23(21)24/h9-13,17H,5-8H2,1-4H3/q+1. The predicted octanol–water partition coefficient (Wildman–Crippen LogP) is 6.02. The zero-order valence-electron chi connectivity index (χ0n) is 16.1. The fraction of sp³-hybridized carbons (Fsp3) is 0.375. The summed E-state index contributed by atoms with van der Waals surface area (Å²) in [6, 6.07) is 9.08. The number of hydrogen-bond acceptors (Lipinski definition) is 1. The lowest BCUT2D eigenvalue weighted by Gasteiger charge is -2.25. The lowest BCUT2D eigenvalue weighted by Crippen LogP contribution is -2.32. The van der Waals surface area contributed by atoms with Crippen molar-refractivity contribution in [1.82, 2.24) is 0 Å². The maximum atomic E-state index is 6.63. The van der Waals surface area contributed by atoms with E-state index in [2.05, 4.69) is 62.8 Å². The molecule has 2 aliphatic rings. The van der Waals surface area contributed by atoms with Crippen molar-refractivity contribution >= 4 is 10.8 Å². The van der Waals surface area contributed by atoms with Crippen molar-refractivity contribution in [2.45, 2.75) is 52.4 Å². The minimum atomic E-state index is 0.636. The zero-order chi connectivity index (χ0) is 18.0. The molecule has 0 saturated heterocycles. The highest BCUT2D eigenvalue weighted by Gasteiger charge is 2.34. The molecule has 0 bridgehead atoms. The first-order chi connectivity index (χ1) is 12.5. The zero-order valence-corrected chi connectivity index (χ0v) is 16.1. The Balaban J connectivity index is 1.90. The quantitative estimate of drug-likeness (QED) is 0.385. The third-order valence-corrected chi connectivity index (χ3v) is 6.42. The highest BCUT2D eigenvalue weighted by atomic mass is 16.5. The molecule has 132 valence electrons. The first-order valence-corrected chi connectivity index (χ1v) is 9.80. The number of nitrogens with zero attached hydrogens (tertiary/aromatic N) is 1. The van der Waals surface area contributed by atoms with E-state index in [4.69, 9.17) is 4.74 Å². The van der Waals surface area contributed by atoms with Gasteiger partial charge in [0.2, 0.25) is 5.75 Å². The van der Waals surface area contributed by atoms with Crippen LogP contribution in [0.2, 0.25) is 0 Å². The molecule has 1 fully saturated rings. The van der Waals surface area contributed by atoms with Gasteiger partial charge in [0, 0.05) is 17.0 Å². The van der Waals surface area contributed by atoms with Gasteiger partial charge in [0.05, 0.1) is 5.56 Å². The normalized spacial score (nSPS) is 16.0. The van der Waals surface area contributed by atoms with Crippen LogP contribution < -0.4 is 9.30 Å². The van der Waals surface area contributed by atoms with E-state index in [9.17, 15) is 0 Å². The number of rotatable bonds is 1. The van der Waals surface area contributed by atoms with Gasteiger partial charge in [0.1, 0.15) is 12.8 Å². The Morgan fingerprint density at radius 2 is 1.81 bits per heavy atom. The van der Waals surface area contributed by atoms with Crippen molar-refractivity contribution in [1.29, 1.82) is 0 Å². The Labute approximate surface area is 155 Å². The van der Waals surface area contributed by atoms with Crippen LogP contribution in [0.25, 0.3) is 22.0 Å². The maximum Gasteiger partial charge on any atom is 0.256 e. The number of pyridine rings is 1. The Hall–Kier alpha value is -2.35. The van der Waals surface area contributed by atoms with Gasteiger partial charge >= 0.3 is 0 Å². The second kappa shape index (κ2) is 5.57. The summed E-state index contributed by atoms with van der Waals surface area (Å²) in [6.07, 6.45) is 7.47. The molecule has 0 amide bonds. The summed E-state index contributed by atoms with van der Waals surface area (Å²) in [6.45, 7) is 6.64. The van der Waals surface area contributed by atoms with E-state index in [1.165, 1.54) is 70.0 Å². The third kappa shape index (κ3) is 2.14. The second-order valence-electron chi connectivity index (χ2n) is 8.20. The summed E-state index contributed by atoms with van der Waals surface area (Å²) in [5, 5.41) is 2.56. The molecule has 5 rings (SSSR count).